The number of carbonyl (C=O) groups is 2. The summed E-state index contributed by atoms with van der Waals surface area (Å²) >= 11 is 2.93. The van der Waals surface area contributed by atoms with Gasteiger partial charge in [0.25, 0.3) is 0 Å². The average Bonchev–Trinajstić information content (AvgIpc) is 3.44. The van der Waals surface area contributed by atoms with Crippen LogP contribution in [0.25, 0.3) is 10.6 Å². The van der Waals surface area contributed by atoms with E-state index in [0.717, 1.165) is 21.1 Å². The van der Waals surface area contributed by atoms with Gasteiger partial charge in [-0.05, 0) is 19.1 Å². The molecule has 3 N–H and O–H groups in total. The first-order chi connectivity index (χ1) is 16.0. The highest BCUT2D eigenvalue weighted by Gasteiger charge is 2.30. The van der Waals surface area contributed by atoms with Crippen molar-refractivity contribution in [3.05, 3.63) is 59.1 Å². The summed E-state index contributed by atoms with van der Waals surface area (Å²) in [6.45, 7) is 2.15. The van der Waals surface area contributed by atoms with Crippen LogP contribution in [0.2, 0.25) is 0 Å². The molecular weight excluding hydrogens is 460 g/mol. The number of carbonyl (C=O) groups excluding carboxylic acids is 2. The van der Waals surface area contributed by atoms with Crippen LogP contribution in [0.5, 0.6) is 11.5 Å². The molecule has 1 fully saturated rings. The number of aryl methyl sites for hydroxylation is 1. The van der Waals surface area contributed by atoms with E-state index < -0.39 is 0 Å². The number of nitrogens with one attached hydrogen (secondary N) is 3. The SMILES string of the molecule is Cc1nc(-c2ccccc2)sc1C1CC(=O)NC(SCC(=O)Nc2ccc3c(c2)OCO3)N1. The minimum atomic E-state index is -0.375. The van der Waals surface area contributed by atoms with E-state index in [1.54, 1.807) is 29.5 Å². The van der Waals surface area contributed by atoms with Crippen molar-refractivity contribution in [2.45, 2.75) is 24.9 Å². The van der Waals surface area contributed by atoms with Crippen LogP contribution in [-0.4, -0.2) is 34.8 Å². The largest absolute Gasteiger partial charge is 0.454 e. The van der Waals surface area contributed by atoms with Crippen molar-refractivity contribution in [3.63, 3.8) is 0 Å². The number of aromatic nitrogens is 1. The van der Waals surface area contributed by atoms with Gasteiger partial charge < -0.3 is 20.1 Å². The molecule has 10 heteroatoms. The number of anilines is 1. The summed E-state index contributed by atoms with van der Waals surface area (Å²) in [6, 6.07) is 15.1. The molecule has 3 heterocycles. The zero-order chi connectivity index (χ0) is 22.8. The Balaban J connectivity index is 1.20. The van der Waals surface area contributed by atoms with E-state index in [-0.39, 0.29) is 35.9 Å². The third kappa shape index (κ3) is 4.97. The second-order valence-corrected chi connectivity index (χ2v) is 9.76. The lowest BCUT2D eigenvalue weighted by molar-refractivity contribution is -0.123. The average molecular weight is 483 g/mol. The molecule has 170 valence electrons. The Hall–Kier alpha value is -3.08. The first-order valence-electron chi connectivity index (χ1n) is 10.4. The maximum absolute atomic E-state index is 12.5. The second-order valence-electron chi connectivity index (χ2n) is 7.63. The zero-order valence-corrected chi connectivity index (χ0v) is 19.4. The number of hydrogen-bond donors (Lipinski definition) is 3. The van der Waals surface area contributed by atoms with Gasteiger partial charge in [-0.1, -0.05) is 30.3 Å². The van der Waals surface area contributed by atoms with Crippen molar-refractivity contribution in [3.8, 4) is 22.1 Å². The summed E-state index contributed by atoms with van der Waals surface area (Å²) in [6.07, 6.45) is 0.331. The first-order valence-corrected chi connectivity index (χ1v) is 12.3. The predicted molar refractivity (Wildman–Crippen MR) is 128 cm³/mol. The molecule has 2 aliphatic rings. The van der Waals surface area contributed by atoms with Gasteiger partial charge in [-0.2, -0.15) is 0 Å². The Labute approximate surface area is 199 Å². The van der Waals surface area contributed by atoms with Crippen LogP contribution in [-0.2, 0) is 9.59 Å². The third-order valence-electron chi connectivity index (χ3n) is 5.24. The molecule has 0 aliphatic carbocycles. The summed E-state index contributed by atoms with van der Waals surface area (Å²) in [4.78, 5) is 30.6. The predicted octanol–water partition coefficient (Wildman–Crippen LogP) is 3.65. The lowest BCUT2D eigenvalue weighted by Crippen LogP contribution is -2.51. The Morgan fingerprint density at radius 3 is 2.88 bits per heavy atom. The van der Waals surface area contributed by atoms with Gasteiger partial charge in [-0.15, -0.1) is 23.1 Å². The summed E-state index contributed by atoms with van der Waals surface area (Å²) in [7, 11) is 0. The van der Waals surface area contributed by atoms with Crippen molar-refractivity contribution in [2.75, 3.05) is 17.9 Å². The van der Waals surface area contributed by atoms with E-state index in [2.05, 4.69) is 16.0 Å². The molecule has 2 atom stereocenters. The highest BCUT2D eigenvalue weighted by molar-refractivity contribution is 8.00. The van der Waals surface area contributed by atoms with Gasteiger partial charge in [0.1, 0.15) is 10.5 Å². The fourth-order valence-corrected chi connectivity index (χ4v) is 5.70. The van der Waals surface area contributed by atoms with Crippen LogP contribution in [0.4, 0.5) is 5.69 Å². The normalized spacial score (nSPS) is 19.2. The number of ether oxygens (including phenoxy) is 2. The number of nitrogens with zero attached hydrogens (tertiary/aromatic N) is 1. The fourth-order valence-electron chi connectivity index (χ4n) is 3.70. The summed E-state index contributed by atoms with van der Waals surface area (Å²) in [5.74, 6) is 1.23. The Morgan fingerprint density at radius 2 is 2.03 bits per heavy atom. The van der Waals surface area contributed by atoms with E-state index in [0.29, 0.717) is 23.6 Å². The van der Waals surface area contributed by atoms with E-state index in [1.807, 2.05) is 37.3 Å². The topological polar surface area (TPSA) is 102 Å². The Morgan fingerprint density at radius 1 is 1.21 bits per heavy atom. The number of hydrogen-bond acceptors (Lipinski definition) is 8. The number of thiazole rings is 1. The summed E-state index contributed by atoms with van der Waals surface area (Å²) < 4.78 is 10.6. The highest BCUT2D eigenvalue weighted by Crippen LogP contribution is 2.36. The highest BCUT2D eigenvalue weighted by atomic mass is 32.2. The van der Waals surface area contributed by atoms with Gasteiger partial charge in [-0.3, -0.25) is 14.9 Å². The molecule has 2 unspecified atom stereocenters. The fraction of sp³-hybridized carbons (Fsp3) is 0.261. The van der Waals surface area contributed by atoms with Crippen LogP contribution < -0.4 is 25.4 Å². The van der Waals surface area contributed by atoms with Crippen molar-refractivity contribution in [1.82, 2.24) is 15.6 Å². The van der Waals surface area contributed by atoms with Crippen molar-refractivity contribution >= 4 is 40.6 Å². The molecule has 0 bridgehead atoms. The van der Waals surface area contributed by atoms with Crippen LogP contribution in [0.15, 0.2) is 48.5 Å². The molecule has 3 aromatic rings. The quantitative estimate of drug-likeness (QED) is 0.493. The van der Waals surface area contributed by atoms with Gasteiger partial charge in [-0.25, -0.2) is 4.98 Å². The van der Waals surface area contributed by atoms with E-state index >= 15 is 0 Å². The Kier molecular flexibility index (Phi) is 6.21. The molecule has 1 saturated heterocycles. The molecule has 33 heavy (non-hydrogen) atoms. The van der Waals surface area contributed by atoms with Gasteiger partial charge in [0.2, 0.25) is 18.6 Å². The number of thioether (sulfide) groups is 1. The number of rotatable bonds is 6. The molecule has 0 saturated carbocycles. The summed E-state index contributed by atoms with van der Waals surface area (Å²) in [5.41, 5.74) is 2.23. The first kappa shape index (κ1) is 21.7. The van der Waals surface area contributed by atoms with Crippen LogP contribution in [0.3, 0.4) is 0 Å². The number of amides is 2. The van der Waals surface area contributed by atoms with Gasteiger partial charge >= 0.3 is 0 Å². The van der Waals surface area contributed by atoms with Crippen molar-refractivity contribution < 1.29 is 19.1 Å². The monoisotopic (exact) mass is 482 g/mol. The summed E-state index contributed by atoms with van der Waals surface area (Å²) in [5, 5.41) is 10.1. The van der Waals surface area contributed by atoms with Crippen LogP contribution in [0.1, 0.15) is 23.0 Å². The molecule has 2 aromatic carbocycles. The zero-order valence-electron chi connectivity index (χ0n) is 17.8. The molecule has 1 aromatic heterocycles. The molecule has 8 nitrogen and oxygen atoms in total. The molecule has 2 amide bonds. The van der Waals surface area contributed by atoms with E-state index in [1.165, 1.54) is 11.8 Å². The van der Waals surface area contributed by atoms with Gasteiger partial charge in [0.05, 0.1) is 17.5 Å². The minimum absolute atomic E-state index is 0.0542. The molecule has 5 rings (SSSR count). The van der Waals surface area contributed by atoms with Crippen molar-refractivity contribution in [2.24, 2.45) is 0 Å². The molecular formula is C23H22N4O4S2. The maximum atomic E-state index is 12.5. The van der Waals surface area contributed by atoms with E-state index in [9.17, 15) is 9.59 Å². The lowest BCUT2D eigenvalue weighted by atomic mass is 10.1. The smallest absolute Gasteiger partial charge is 0.234 e. The molecule has 0 radical (unpaired) electrons. The molecule has 2 aliphatic heterocycles. The van der Waals surface area contributed by atoms with Crippen molar-refractivity contribution in [1.29, 1.82) is 0 Å². The second kappa shape index (κ2) is 9.42. The lowest BCUT2D eigenvalue weighted by Gasteiger charge is -2.30. The number of benzene rings is 2. The standard InChI is InChI=1S/C23H22N4O4S2/c1-13-21(33-22(24-13)14-5-3-2-4-6-14)16-10-19(28)27-23(26-16)32-11-20(29)25-15-7-8-17-18(9-15)31-12-30-17/h2-9,16,23,26H,10-12H2,1H3,(H,25,29)(H,27,28). The van der Waals surface area contributed by atoms with Gasteiger partial charge in [0, 0.05) is 28.6 Å². The maximum Gasteiger partial charge on any atom is 0.234 e. The minimum Gasteiger partial charge on any atom is -0.454 e. The van der Waals surface area contributed by atoms with Crippen LogP contribution >= 0.6 is 23.1 Å². The Bertz CT molecular complexity index is 1180. The van der Waals surface area contributed by atoms with Crippen LogP contribution in [0, 0.1) is 6.92 Å². The number of fused-ring (bicyclic) bond motifs is 1. The van der Waals surface area contributed by atoms with Gasteiger partial charge in [0.15, 0.2) is 11.5 Å². The third-order valence-corrected chi connectivity index (χ3v) is 7.58. The molecule has 0 spiro atoms. The van der Waals surface area contributed by atoms with E-state index in [4.69, 9.17) is 14.5 Å².